The topological polar surface area (TPSA) is 51.2 Å². The van der Waals surface area contributed by atoms with Gasteiger partial charge in [0.2, 0.25) is 0 Å². The average molecular weight is 178 g/mol. The SMILES string of the molecule is c1coc(CNCc2cnco2)c1. The number of aromatic nitrogens is 1. The maximum Gasteiger partial charge on any atom is 0.180 e. The van der Waals surface area contributed by atoms with E-state index in [4.69, 9.17) is 8.83 Å². The molecule has 2 aromatic rings. The van der Waals surface area contributed by atoms with Crippen molar-refractivity contribution >= 4 is 0 Å². The number of rotatable bonds is 4. The number of oxazole rings is 1. The highest BCUT2D eigenvalue weighted by Gasteiger charge is 1.97. The van der Waals surface area contributed by atoms with E-state index in [1.165, 1.54) is 6.39 Å². The van der Waals surface area contributed by atoms with Crippen LogP contribution in [0.2, 0.25) is 0 Å². The average Bonchev–Trinajstić information content (AvgIpc) is 2.75. The van der Waals surface area contributed by atoms with Crippen LogP contribution in [0.4, 0.5) is 0 Å². The van der Waals surface area contributed by atoms with Gasteiger partial charge in [-0.25, -0.2) is 4.98 Å². The minimum atomic E-state index is 0.667. The van der Waals surface area contributed by atoms with Gasteiger partial charge in [-0.2, -0.15) is 0 Å². The van der Waals surface area contributed by atoms with Crippen molar-refractivity contribution in [3.05, 3.63) is 42.5 Å². The van der Waals surface area contributed by atoms with Gasteiger partial charge in [0.1, 0.15) is 11.5 Å². The molecule has 0 saturated carbocycles. The lowest BCUT2D eigenvalue weighted by atomic mass is 10.4. The van der Waals surface area contributed by atoms with Crippen LogP contribution >= 0.6 is 0 Å². The summed E-state index contributed by atoms with van der Waals surface area (Å²) >= 11 is 0. The monoisotopic (exact) mass is 178 g/mol. The second-order valence-electron chi connectivity index (χ2n) is 2.65. The van der Waals surface area contributed by atoms with Gasteiger partial charge < -0.3 is 14.2 Å². The maximum atomic E-state index is 5.14. The Labute approximate surface area is 75.6 Å². The van der Waals surface area contributed by atoms with Crippen molar-refractivity contribution in [1.29, 1.82) is 0 Å². The van der Waals surface area contributed by atoms with Crippen LogP contribution in [0.5, 0.6) is 0 Å². The summed E-state index contributed by atoms with van der Waals surface area (Å²) in [7, 11) is 0. The molecule has 0 fully saturated rings. The van der Waals surface area contributed by atoms with Gasteiger partial charge in [0, 0.05) is 0 Å². The maximum absolute atomic E-state index is 5.14. The van der Waals surface area contributed by atoms with Crippen LogP contribution in [0.3, 0.4) is 0 Å². The first-order valence-corrected chi connectivity index (χ1v) is 4.05. The number of furan rings is 1. The Morgan fingerprint density at radius 3 is 2.85 bits per heavy atom. The molecule has 13 heavy (non-hydrogen) atoms. The Morgan fingerprint density at radius 2 is 2.15 bits per heavy atom. The van der Waals surface area contributed by atoms with E-state index in [1.807, 2.05) is 12.1 Å². The Bertz CT molecular complexity index is 292. The van der Waals surface area contributed by atoms with Crippen molar-refractivity contribution in [2.45, 2.75) is 13.1 Å². The predicted octanol–water partition coefficient (Wildman–Crippen LogP) is 1.56. The van der Waals surface area contributed by atoms with E-state index in [9.17, 15) is 0 Å². The summed E-state index contributed by atoms with van der Waals surface area (Å²) < 4.78 is 10.2. The number of nitrogens with one attached hydrogen (secondary N) is 1. The Balaban J connectivity index is 1.76. The zero-order valence-corrected chi connectivity index (χ0v) is 7.06. The lowest BCUT2D eigenvalue weighted by molar-refractivity contribution is 0.449. The highest BCUT2D eigenvalue weighted by atomic mass is 16.3. The molecule has 0 aromatic carbocycles. The highest BCUT2D eigenvalue weighted by molar-refractivity contribution is 4.98. The molecule has 0 aliphatic heterocycles. The summed E-state index contributed by atoms with van der Waals surface area (Å²) in [4.78, 5) is 3.81. The van der Waals surface area contributed by atoms with E-state index in [2.05, 4.69) is 10.3 Å². The van der Waals surface area contributed by atoms with E-state index in [-0.39, 0.29) is 0 Å². The summed E-state index contributed by atoms with van der Waals surface area (Å²) in [5.41, 5.74) is 0. The second-order valence-corrected chi connectivity index (χ2v) is 2.65. The molecule has 4 nitrogen and oxygen atoms in total. The number of hydrogen-bond donors (Lipinski definition) is 1. The van der Waals surface area contributed by atoms with Gasteiger partial charge in [-0.3, -0.25) is 0 Å². The Kier molecular flexibility index (Phi) is 2.43. The van der Waals surface area contributed by atoms with Crippen molar-refractivity contribution in [2.75, 3.05) is 0 Å². The quantitative estimate of drug-likeness (QED) is 0.771. The first-order chi connectivity index (χ1) is 6.45. The molecule has 2 heterocycles. The van der Waals surface area contributed by atoms with Crippen LogP contribution in [0.1, 0.15) is 11.5 Å². The minimum Gasteiger partial charge on any atom is -0.468 e. The molecule has 0 unspecified atom stereocenters. The zero-order valence-electron chi connectivity index (χ0n) is 7.06. The molecule has 0 radical (unpaired) electrons. The third-order valence-electron chi connectivity index (χ3n) is 1.66. The third-order valence-corrected chi connectivity index (χ3v) is 1.66. The highest BCUT2D eigenvalue weighted by Crippen LogP contribution is 2.00. The van der Waals surface area contributed by atoms with Crippen molar-refractivity contribution in [1.82, 2.24) is 10.3 Å². The molecule has 4 heteroatoms. The number of hydrogen-bond acceptors (Lipinski definition) is 4. The summed E-state index contributed by atoms with van der Waals surface area (Å²) in [5.74, 6) is 1.74. The van der Waals surface area contributed by atoms with Crippen molar-refractivity contribution in [3.8, 4) is 0 Å². The zero-order chi connectivity index (χ0) is 8.93. The third kappa shape index (κ3) is 2.19. The van der Waals surface area contributed by atoms with Crippen LogP contribution in [0, 0.1) is 0 Å². The van der Waals surface area contributed by atoms with Gasteiger partial charge >= 0.3 is 0 Å². The molecule has 0 aliphatic carbocycles. The smallest absolute Gasteiger partial charge is 0.180 e. The summed E-state index contributed by atoms with van der Waals surface area (Å²) in [6, 6.07) is 3.79. The summed E-state index contributed by atoms with van der Waals surface area (Å²) in [6.07, 6.45) is 4.77. The first-order valence-electron chi connectivity index (χ1n) is 4.05. The van der Waals surface area contributed by atoms with Crippen LogP contribution in [0.15, 0.2) is 39.8 Å². The summed E-state index contributed by atoms with van der Waals surface area (Å²) in [6.45, 7) is 1.37. The predicted molar refractivity (Wildman–Crippen MR) is 45.8 cm³/mol. The fourth-order valence-corrected chi connectivity index (χ4v) is 1.05. The van der Waals surface area contributed by atoms with Gasteiger partial charge in [-0.1, -0.05) is 0 Å². The lowest BCUT2D eigenvalue weighted by Gasteiger charge is -1.97. The number of nitrogens with zero attached hydrogens (tertiary/aromatic N) is 1. The van der Waals surface area contributed by atoms with Crippen molar-refractivity contribution in [3.63, 3.8) is 0 Å². The lowest BCUT2D eigenvalue weighted by Crippen LogP contribution is -2.11. The van der Waals surface area contributed by atoms with Crippen LogP contribution in [-0.2, 0) is 13.1 Å². The van der Waals surface area contributed by atoms with Crippen molar-refractivity contribution in [2.24, 2.45) is 0 Å². The molecule has 0 aliphatic rings. The molecule has 0 amide bonds. The van der Waals surface area contributed by atoms with Gasteiger partial charge in [0.15, 0.2) is 6.39 Å². The van der Waals surface area contributed by atoms with E-state index in [0.29, 0.717) is 13.1 Å². The largest absolute Gasteiger partial charge is 0.468 e. The molecular weight excluding hydrogens is 168 g/mol. The molecule has 0 saturated heterocycles. The van der Waals surface area contributed by atoms with Crippen LogP contribution in [0.25, 0.3) is 0 Å². The fraction of sp³-hybridized carbons (Fsp3) is 0.222. The minimum absolute atomic E-state index is 0.667. The molecular formula is C9H10N2O2. The van der Waals surface area contributed by atoms with Crippen molar-refractivity contribution < 1.29 is 8.83 Å². The molecule has 68 valence electrons. The van der Waals surface area contributed by atoms with E-state index < -0.39 is 0 Å². The first kappa shape index (κ1) is 8.07. The normalized spacial score (nSPS) is 10.5. The van der Waals surface area contributed by atoms with Crippen LogP contribution in [-0.4, -0.2) is 4.98 Å². The van der Waals surface area contributed by atoms with Gasteiger partial charge in [-0.05, 0) is 12.1 Å². The van der Waals surface area contributed by atoms with E-state index in [1.54, 1.807) is 12.5 Å². The Morgan fingerprint density at radius 1 is 1.23 bits per heavy atom. The summed E-state index contributed by atoms with van der Waals surface area (Å²) in [5, 5.41) is 3.16. The second kappa shape index (κ2) is 3.91. The van der Waals surface area contributed by atoms with Gasteiger partial charge in [-0.15, -0.1) is 0 Å². The van der Waals surface area contributed by atoms with Gasteiger partial charge in [0.05, 0.1) is 25.5 Å². The van der Waals surface area contributed by atoms with E-state index in [0.717, 1.165) is 11.5 Å². The Hall–Kier alpha value is -1.55. The van der Waals surface area contributed by atoms with Crippen LogP contribution < -0.4 is 5.32 Å². The standard InChI is InChI=1S/C9H10N2O2/c1-2-8(12-3-1)4-10-5-9-6-11-7-13-9/h1-3,6-7,10H,4-5H2. The molecule has 2 rings (SSSR count). The molecule has 0 atom stereocenters. The van der Waals surface area contributed by atoms with E-state index >= 15 is 0 Å². The molecule has 2 aromatic heterocycles. The molecule has 0 spiro atoms. The van der Waals surface area contributed by atoms with Gasteiger partial charge in [0.25, 0.3) is 0 Å². The fourth-order valence-electron chi connectivity index (χ4n) is 1.05. The molecule has 1 N–H and O–H groups in total. The molecule has 0 bridgehead atoms.